The van der Waals surface area contributed by atoms with Gasteiger partial charge in [-0.05, 0) is 52.5 Å². The van der Waals surface area contributed by atoms with E-state index in [1.807, 2.05) is 30.3 Å². The lowest BCUT2D eigenvalue weighted by molar-refractivity contribution is -0.134. The van der Waals surface area contributed by atoms with E-state index in [1.54, 1.807) is 0 Å². The number of hydrogen-bond donors (Lipinski definition) is 2. The molecule has 3 amide bonds. The van der Waals surface area contributed by atoms with Crippen LogP contribution in [0.5, 0.6) is 0 Å². The van der Waals surface area contributed by atoms with Crippen molar-refractivity contribution in [3.8, 4) is 0 Å². The van der Waals surface area contributed by atoms with Crippen LogP contribution in [0.15, 0.2) is 30.3 Å². The first-order chi connectivity index (χ1) is 11.1. The molecule has 1 spiro atoms. The molecule has 2 N–H and O–H groups in total. The van der Waals surface area contributed by atoms with E-state index in [-0.39, 0.29) is 23.0 Å². The lowest BCUT2D eigenvalue weighted by Gasteiger charge is -2.50. The Labute approximate surface area is 143 Å². The number of piperidine rings is 1. The van der Waals surface area contributed by atoms with Crippen LogP contribution in [0.1, 0.15) is 46.1 Å². The zero-order chi connectivity index (χ0) is 17.6. The fraction of sp³-hybridized carbons (Fsp3) is 0.579. The third-order valence-electron chi connectivity index (χ3n) is 4.88. The van der Waals surface area contributed by atoms with E-state index in [2.05, 4.69) is 38.3 Å². The predicted octanol–water partition coefficient (Wildman–Crippen LogP) is 2.46. The van der Waals surface area contributed by atoms with Gasteiger partial charge in [-0.2, -0.15) is 0 Å². The average Bonchev–Trinajstić information content (AvgIpc) is 2.65. The third-order valence-corrected chi connectivity index (χ3v) is 4.88. The number of hydrogen-bond acceptors (Lipinski definition) is 3. The zero-order valence-corrected chi connectivity index (χ0v) is 15.0. The molecule has 24 heavy (non-hydrogen) atoms. The number of rotatable bonds is 3. The largest absolute Gasteiger partial charge is 0.325 e. The molecule has 0 radical (unpaired) electrons. The van der Waals surface area contributed by atoms with Gasteiger partial charge in [-0.1, -0.05) is 30.3 Å². The zero-order valence-electron chi connectivity index (χ0n) is 15.0. The summed E-state index contributed by atoms with van der Waals surface area (Å²) < 4.78 is 0. The number of nitrogens with zero attached hydrogens (tertiary/aromatic N) is 1. The van der Waals surface area contributed by atoms with Gasteiger partial charge >= 0.3 is 6.03 Å². The van der Waals surface area contributed by atoms with Crippen LogP contribution >= 0.6 is 0 Å². The summed E-state index contributed by atoms with van der Waals surface area (Å²) in [5.74, 6) is -0.0777. The lowest BCUT2D eigenvalue weighted by Crippen LogP contribution is -2.68. The van der Waals surface area contributed by atoms with E-state index in [4.69, 9.17) is 0 Å². The molecule has 0 aliphatic carbocycles. The molecule has 2 fully saturated rings. The Morgan fingerprint density at radius 1 is 1.00 bits per heavy atom. The number of carbonyl (C=O) groups is 2. The molecule has 2 heterocycles. The molecule has 5 nitrogen and oxygen atoms in total. The first-order valence-electron chi connectivity index (χ1n) is 8.60. The highest BCUT2D eigenvalue weighted by Gasteiger charge is 2.58. The molecule has 0 aromatic heterocycles. The molecule has 1 aromatic carbocycles. The predicted molar refractivity (Wildman–Crippen MR) is 93.6 cm³/mol. The van der Waals surface area contributed by atoms with E-state index in [9.17, 15) is 9.59 Å². The molecular formula is C19H27N3O2. The van der Waals surface area contributed by atoms with Crippen LogP contribution in [-0.2, 0) is 11.2 Å². The van der Waals surface area contributed by atoms with E-state index >= 15 is 0 Å². The SMILES string of the molecule is CC1(C)CC2(CC(C)(C)N1)NC(=O)N(CCc1ccccc1)C2=O. The van der Waals surface area contributed by atoms with Crippen LogP contribution in [0.4, 0.5) is 4.79 Å². The standard InChI is InChI=1S/C19H27N3O2/c1-17(2)12-19(13-18(3,4)21-17)15(23)22(16(24)20-19)11-10-14-8-6-5-7-9-14/h5-9,21H,10-13H2,1-4H3,(H,20,24). The van der Waals surface area contributed by atoms with Gasteiger partial charge in [-0.3, -0.25) is 9.69 Å². The maximum absolute atomic E-state index is 13.1. The van der Waals surface area contributed by atoms with Crippen molar-refractivity contribution in [3.05, 3.63) is 35.9 Å². The monoisotopic (exact) mass is 329 g/mol. The summed E-state index contributed by atoms with van der Waals surface area (Å²) in [5.41, 5.74) is -0.0725. The second-order valence-corrected chi connectivity index (χ2v) is 8.45. The van der Waals surface area contributed by atoms with E-state index in [0.717, 1.165) is 5.56 Å². The molecule has 1 aromatic rings. The molecule has 3 rings (SSSR count). The Morgan fingerprint density at radius 2 is 1.58 bits per heavy atom. The highest BCUT2D eigenvalue weighted by atomic mass is 16.2. The molecule has 0 bridgehead atoms. The summed E-state index contributed by atoms with van der Waals surface area (Å²) in [6, 6.07) is 9.69. The van der Waals surface area contributed by atoms with Gasteiger partial charge in [0.15, 0.2) is 0 Å². The first kappa shape index (κ1) is 17.0. The molecule has 2 aliphatic heterocycles. The van der Waals surface area contributed by atoms with Gasteiger partial charge in [0.05, 0.1) is 0 Å². The van der Waals surface area contributed by atoms with Crippen molar-refractivity contribution >= 4 is 11.9 Å². The Kier molecular flexibility index (Phi) is 3.95. The fourth-order valence-electron chi connectivity index (χ4n) is 4.58. The Morgan fingerprint density at radius 3 is 2.17 bits per heavy atom. The molecular weight excluding hydrogens is 302 g/mol. The van der Waals surface area contributed by atoms with Gasteiger partial charge in [0.1, 0.15) is 5.54 Å². The quantitative estimate of drug-likeness (QED) is 0.838. The van der Waals surface area contributed by atoms with Crippen LogP contribution < -0.4 is 10.6 Å². The normalized spacial score (nSPS) is 24.2. The van der Waals surface area contributed by atoms with Gasteiger partial charge in [-0.25, -0.2) is 4.79 Å². The highest BCUT2D eigenvalue weighted by Crippen LogP contribution is 2.39. The number of imide groups is 1. The van der Waals surface area contributed by atoms with Crippen molar-refractivity contribution in [1.29, 1.82) is 0 Å². The van der Waals surface area contributed by atoms with Crippen molar-refractivity contribution in [2.75, 3.05) is 6.54 Å². The van der Waals surface area contributed by atoms with Crippen LogP contribution in [0.25, 0.3) is 0 Å². The van der Waals surface area contributed by atoms with Crippen molar-refractivity contribution < 1.29 is 9.59 Å². The van der Waals surface area contributed by atoms with Gasteiger partial charge in [-0.15, -0.1) is 0 Å². The van der Waals surface area contributed by atoms with Crippen LogP contribution in [-0.4, -0.2) is 40.0 Å². The van der Waals surface area contributed by atoms with Crippen molar-refractivity contribution in [1.82, 2.24) is 15.5 Å². The van der Waals surface area contributed by atoms with Gasteiger partial charge in [0.2, 0.25) is 0 Å². The summed E-state index contributed by atoms with van der Waals surface area (Å²) in [7, 11) is 0. The summed E-state index contributed by atoms with van der Waals surface area (Å²) >= 11 is 0. The highest BCUT2D eigenvalue weighted by molar-refractivity contribution is 6.07. The van der Waals surface area contributed by atoms with Crippen LogP contribution in [0, 0.1) is 0 Å². The van der Waals surface area contributed by atoms with E-state index in [0.29, 0.717) is 25.8 Å². The van der Waals surface area contributed by atoms with Crippen molar-refractivity contribution in [2.24, 2.45) is 0 Å². The Hall–Kier alpha value is -1.88. The molecule has 0 saturated carbocycles. The minimum absolute atomic E-state index is 0.0777. The van der Waals surface area contributed by atoms with E-state index in [1.165, 1.54) is 4.90 Å². The smallest absolute Gasteiger partial charge is 0.323 e. The lowest BCUT2D eigenvalue weighted by atomic mass is 9.71. The summed E-state index contributed by atoms with van der Waals surface area (Å²) in [6.45, 7) is 8.76. The maximum atomic E-state index is 13.1. The fourth-order valence-corrected chi connectivity index (χ4v) is 4.58. The van der Waals surface area contributed by atoms with Crippen LogP contribution in [0.2, 0.25) is 0 Å². The van der Waals surface area contributed by atoms with E-state index < -0.39 is 5.54 Å². The summed E-state index contributed by atoms with van der Waals surface area (Å²) in [6.07, 6.45) is 1.90. The van der Waals surface area contributed by atoms with Crippen LogP contribution in [0.3, 0.4) is 0 Å². The number of nitrogens with one attached hydrogen (secondary N) is 2. The topological polar surface area (TPSA) is 61.4 Å². The Balaban J connectivity index is 1.78. The number of carbonyl (C=O) groups excluding carboxylic acids is 2. The third kappa shape index (κ3) is 3.18. The second kappa shape index (κ2) is 5.59. The minimum Gasteiger partial charge on any atom is -0.323 e. The number of benzene rings is 1. The van der Waals surface area contributed by atoms with Crippen molar-refractivity contribution in [3.63, 3.8) is 0 Å². The summed E-state index contributed by atoms with van der Waals surface area (Å²) in [5, 5.41) is 6.58. The molecule has 2 aliphatic rings. The average molecular weight is 329 g/mol. The molecule has 5 heteroatoms. The summed E-state index contributed by atoms with van der Waals surface area (Å²) in [4.78, 5) is 27.0. The van der Waals surface area contributed by atoms with Gasteiger partial charge in [0, 0.05) is 17.6 Å². The second-order valence-electron chi connectivity index (χ2n) is 8.45. The first-order valence-corrected chi connectivity index (χ1v) is 8.60. The Bertz CT molecular complexity index is 636. The maximum Gasteiger partial charge on any atom is 0.325 e. The molecule has 0 unspecified atom stereocenters. The molecule has 2 saturated heterocycles. The minimum atomic E-state index is -0.786. The van der Waals surface area contributed by atoms with Gasteiger partial charge in [0.25, 0.3) is 5.91 Å². The molecule has 130 valence electrons. The van der Waals surface area contributed by atoms with Crippen molar-refractivity contribution in [2.45, 2.75) is 63.6 Å². The van der Waals surface area contributed by atoms with Gasteiger partial charge < -0.3 is 10.6 Å². The molecule has 0 atom stereocenters. The number of urea groups is 1. The number of amides is 3.